The van der Waals surface area contributed by atoms with Crippen molar-refractivity contribution in [2.75, 3.05) is 13.1 Å². The molecule has 52 heavy (non-hydrogen) atoms. The van der Waals surface area contributed by atoms with Gasteiger partial charge in [-0.2, -0.15) is 10.5 Å². The summed E-state index contributed by atoms with van der Waals surface area (Å²) in [6.45, 7) is 5.45. The number of nitriles is 2. The Morgan fingerprint density at radius 1 is 0.673 bits per heavy atom. The summed E-state index contributed by atoms with van der Waals surface area (Å²) in [4.78, 5) is 21.5. The minimum atomic E-state index is -1.07. The molecule has 4 aromatic carbocycles. The van der Waals surface area contributed by atoms with Crippen molar-refractivity contribution in [3.8, 4) is 34.8 Å². The predicted octanol–water partition coefficient (Wildman–Crippen LogP) is 4.72. The van der Waals surface area contributed by atoms with E-state index in [4.69, 9.17) is 19.7 Å². The monoisotopic (exact) mass is 706 g/mol. The van der Waals surface area contributed by atoms with Crippen molar-refractivity contribution in [3.63, 3.8) is 0 Å². The largest absolute Gasteiger partial charge is 0.488 e. The standard InChI is InChI=1S/C40H42N4O8/c1-25-29(23-51-37-11-9-27(13-31(37)17-41)19-43-21-33(45)15-39(47)48)5-3-7-35(25)36-8-4-6-30(26(36)2)24-52-38-12-10-28(14-32(38)18-42)20-44-22-34(46)16-40(49)50/h3-14,33-34,43-46H,15-16,19-24H2,1-2H3,(H,47,48)(H,49,50)/t33-,34-/m0/s1. The number of aliphatic carboxylic acids is 2. The number of benzene rings is 4. The Kier molecular flexibility index (Phi) is 14.3. The van der Waals surface area contributed by atoms with E-state index in [-0.39, 0.29) is 39.1 Å². The Morgan fingerprint density at radius 2 is 1.08 bits per heavy atom. The molecule has 0 aliphatic heterocycles. The van der Waals surface area contributed by atoms with E-state index < -0.39 is 24.1 Å². The topological polar surface area (TPSA) is 205 Å². The molecule has 0 heterocycles. The molecular weight excluding hydrogens is 664 g/mol. The SMILES string of the molecule is Cc1c(COc2ccc(CNC[C@@H](O)CC(=O)O)cc2C#N)cccc1-c1cccc(COc2ccc(CNC[C@@H](O)CC(=O)O)cc2C#N)c1C. The molecule has 4 aromatic rings. The molecule has 6 N–H and O–H groups in total. The zero-order chi connectivity index (χ0) is 37.6. The molecule has 0 aliphatic rings. The maximum atomic E-state index is 10.7. The fraction of sp³-hybridized carbons (Fsp3) is 0.300. The number of carboxylic acids is 2. The number of carboxylic acid groups (broad SMARTS) is 2. The van der Waals surface area contributed by atoms with Crippen LogP contribution in [-0.2, 0) is 35.9 Å². The number of hydrogen-bond donors (Lipinski definition) is 6. The van der Waals surface area contributed by atoms with Crippen LogP contribution < -0.4 is 20.1 Å². The highest BCUT2D eigenvalue weighted by atomic mass is 16.5. The molecule has 4 rings (SSSR count). The van der Waals surface area contributed by atoms with E-state index in [2.05, 4.69) is 22.8 Å². The quantitative estimate of drug-likeness (QED) is 0.0784. The van der Waals surface area contributed by atoms with Crippen LogP contribution in [0.5, 0.6) is 11.5 Å². The van der Waals surface area contributed by atoms with Gasteiger partial charge in [-0.25, -0.2) is 0 Å². The summed E-state index contributed by atoms with van der Waals surface area (Å²) in [6, 6.07) is 26.8. The molecular formula is C40H42N4O8. The number of carbonyl (C=O) groups is 2. The fourth-order valence-electron chi connectivity index (χ4n) is 5.69. The predicted molar refractivity (Wildman–Crippen MR) is 192 cm³/mol. The lowest BCUT2D eigenvalue weighted by molar-refractivity contribution is -0.140. The normalized spacial score (nSPS) is 12.0. The average Bonchev–Trinajstić information content (AvgIpc) is 3.10. The molecule has 0 saturated carbocycles. The summed E-state index contributed by atoms with van der Waals surface area (Å²) >= 11 is 0. The van der Waals surface area contributed by atoms with Gasteiger partial charge in [-0.15, -0.1) is 0 Å². The second-order valence-corrected chi connectivity index (χ2v) is 12.4. The maximum Gasteiger partial charge on any atom is 0.306 e. The van der Waals surface area contributed by atoms with E-state index in [0.29, 0.717) is 35.7 Å². The summed E-state index contributed by atoms with van der Waals surface area (Å²) in [6.07, 6.45) is -2.71. The van der Waals surface area contributed by atoms with Crippen LogP contribution in [0.2, 0.25) is 0 Å². The first-order chi connectivity index (χ1) is 25.0. The van der Waals surface area contributed by atoms with Crippen molar-refractivity contribution in [1.29, 1.82) is 10.5 Å². The molecule has 12 nitrogen and oxygen atoms in total. The van der Waals surface area contributed by atoms with Gasteiger partial charge in [0.15, 0.2) is 0 Å². The van der Waals surface area contributed by atoms with Gasteiger partial charge in [-0.3, -0.25) is 9.59 Å². The summed E-state index contributed by atoms with van der Waals surface area (Å²) in [5, 5.41) is 62.7. The van der Waals surface area contributed by atoms with Gasteiger partial charge in [-0.05, 0) is 82.6 Å². The van der Waals surface area contributed by atoms with Gasteiger partial charge in [0.2, 0.25) is 0 Å². The fourth-order valence-corrected chi connectivity index (χ4v) is 5.69. The molecule has 0 bridgehead atoms. The van der Waals surface area contributed by atoms with Crippen LogP contribution in [0.4, 0.5) is 0 Å². The second kappa shape index (κ2) is 19.0. The van der Waals surface area contributed by atoms with Crippen molar-refractivity contribution in [2.45, 2.75) is 65.2 Å². The lowest BCUT2D eigenvalue weighted by atomic mass is 9.92. The highest BCUT2D eigenvalue weighted by molar-refractivity contribution is 5.72. The van der Waals surface area contributed by atoms with Crippen LogP contribution in [0.25, 0.3) is 11.1 Å². The van der Waals surface area contributed by atoms with Crippen molar-refractivity contribution < 1.29 is 39.5 Å². The summed E-state index contributed by atoms with van der Waals surface area (Å²) in [7, 11) is 0. The van der Waals surface area contributed by atoms with E-state index in [1.54, 1.807) is 24.3 Å². The molecule has 0 radical (unpaired) electrons. The number of rotatable bonds is 19. The first-order valence-corrected chi connectivity index (χ1v) is 16.7. The van der Waals surface area contributed by atoms with Crippen molar-refractivity contribution in [1.82, 2.24) is 10.6 Å². The molecule has 0 fully saturated rings. The lowest BCUT2D eigenvalue weighted by Crippen LogP contribution is -2.28. The smallest absolute Gasteiger partial charge is 0.306 e. The number of ether oxygens (including phenoxy) is 2. The Morgan fingerprint density at radius 3 is 1.44 bits per heavy atom. The molecule has 270 valence electrons. The van der Waals surface area contributed by atoms with Gasteiger partial charge < -0.3 is 40.5 Å². The van der Waals surface area contributed by atoms with E-state index in [0.717, 1.165) is 44.5 Å². The molecule has 12 heteroatoms. The van der Waals surface area contributed by atoms with Gasteiger partial charge in [0.05, 0.1) is 36.2 Å². The zero-order valence-corrected chi connectivity index (χ0v) is 29.1. The number of nitrogens with zero attached hydrogens (tertiary/aromatic N) is 2. The third-order valence-electron chi connectivity index (χ3n) is 8.52. The molecule has 0 spiro atoms. The first kappa shape index (κ1) is 39.0. The minimum absolute atomic E-state index is 0.111. The van der Waals surface area contributed by atoms with Crippen LogP contribution in [0.1, 0.15) is 57.3 Å². The Bertz CT molecular complexity index is 1830. The molecule has 0 saturated heterocycles. The lowest BCUT2D eigenvalue weighted by Gasteiger charge is -2.17. The van der Waals surface area contributed by atoms with Crippen LogP contribution in [0, 0.1) is 36.5 Å². The number of aliphatic hydroxyl groups is 2. The van der Waals surface area contributed by atoms with Crippen molar-refractivity contribution in [3.05, 3.63) is 117 Å². The number of aliphatic hydroxyl groups excluding tert-OH is 2. The molecule has 2 atom stereocenters. The highest BCUT2D eigenvalue weighted by Crippen LogP contribution is 2.32. The van der Waals surface area contributed by atoms with Crippen molar-refractivity contribution in [2.24, 2.45) is 0 Å². The van der Waals surface area contributed by atoms with Gasteiger partial charge in [0.1, 0.15) is 36.9 Å². The van der Waals surface area contributed by atoms with Crippen LogP contribution in [0.3, 0.4) is 0 Å². The average molecular weight is 707 g/mol. The first-order valence-electron chi connectivity index (χ1n) is 16.7. The van der Waals surface area contributed by atoms with E-state index in [1.807, 2.05) is 62.4 Å². The minimum Gasteiger partial charge on any atom is -0.488 e. The second-order valence-electron chi connectivity index (χ2n) is 12.4. The van der Waals surface area contributed by atoms with Crippen LogP contribution in [0.15, 0.2) is 72.8 Å². The summed E-state index contributed by atoms with van der Waals surface area (Å²) < 4.78 is 12.2. The van der Waals surface area contributed by atoms with E-state index >= 15 is 0 Å². The Labute approximate surface area is 302 Å². The highest BCUT2D eigenvalue weighted by Gasteiger charge is 2.15. The number of hydrogen-bond acceptors (Lipinski definition) is 10. The molecule has 0 unspecified atom stereocenters. The van der Waals surface area contributed by atoms with Crippen molar-refractivity contribution >= 4 is 11.9 Å². The summed E-state index contributed by atoms with van der Waals surface area (Å²) in [5.74, 6) is -1.27. The van der Waals surface area contributed by atoms with Gasteiger partial charge in [0, 0.05) is 26.2 Å². The van der Waals surface area contributed by atoms with Gasteiger partial charge in [-0.1, -0.05) is 48.5 Å². The van der Waals surface area contributed by atoms with Crippen LogP contribution in [-0.4, -0.2) is 57.7 Å². The molecule has 0 aromatic heterocycles. The molecule has 0 amide bonds. The van der Waals surface area contributed by atoms with E-state index in [1.165, 1.54) is 0 Å². The Hall–Kier alpha value is -5.76. The zero-order valence-electron chi connectivity index (χ0n) is 29.1. The van der Waals surface area contributed by atoms with E-state index in [9.17, 15) is 30.3 Å². The maximum absolute atomic E-state index is 10.7. The Balaban J connectivity index is 1.40. The van der Waals surface area contributed by atoms with Crippen LogP contribution >= 0.6 is 0 Å². The summed E-state index contributed by atoms with van der Waals surface area (Å²) in [5.41, 5.74) is 8.31. The number of nitrogens with one attached hydrogen (secondary N) is 2. The third-order valence-corrected chi connectivity index (χ3v) is 8.52. The van der Waals surface area contributed by atoms with Gasteiger partial charge >= 0.3 is 11.9 Å². The van der Waals surface area contributed by atoms with Gasteiger partial charge in [0.25, 0.3) is 0 Å². The molecule has 0 aliphatic carbocycles. The third kappa shape index (κ3) is 11.1.